The molecule has 0 radical (unpaired) electrons. The molecule has 1 fully saturated rings. The summed E-state index contributed by atoms with van der Waals surface area (Å²) >= 11 is 0. The molecule has 0 unspecified atom stereocenters. The van der Waals surface area contributed by atoms with Gasteiger partial charge < -0.3 is 14.2 Å². The SMILES string of the molecule is C=CC(=O)N1C[C@@H](NS(=O)(=O)c2c(C)noc2C)[C@H](OCc2cccc(C)c2)C1. The van der Waals surface area contributed by atoms with Crippen LogP contribution in [-0.4, -0.2) is 49.6 Å². The molecule has 1 saturated heterocycles. The minimum atomic E-state index is -3.89. The monoisotopic (exact) mass is 419 g/mol. The average molecular weight is 420 g/mol. The number of amides is 1. The molecule has 3 rings (SSSR count). The van der Waals surface area contributed by atoms with Crippen molar-refractivity contribution in [1.82, 2.24) is 14.8 Å². The molecular formula is C20H25N3O5S. The fraction of sp³-hybridized carbons (Fsp3) is 0.400. The smallest absolute Gasteiger partial charge is 0.246 e. The Bertz CT molecular complexity index is 995. The number of nitrogens with zero attached hydrogens (tertiary/aromatic N) is 2. The number of likely N-dealkylation sites (tertiary alicyclic amines) is 1. The third kappa shape index (κ3) is 4.75. The molecule has 9 heteroatoms. The molecular weight excluding hydrogens is 394 g/mol. The highest BCUT2D eigenvalue weighted by molar-refractivity contribution is 7.89. The maximum absolute atomic E-state index is 12.9. The van der Waals surface area contributed by atoms with E-state index in [-0.39, 0.29) is 35.3 Å². The second-order valence-electron chi connectivity index (χ2n) is 7.17. The number of aryl methyl sites for hydroxylation is 3. The first-order valence-electron chi connectivity index (χ1n) is 9.25. The van der Waals surface area contributed by atoms with Crippen LogP contribution < -0.4 is 4.72 Å². The number of ether oxygens (including phenoxy) is 1. The van der Waals surface area contributed by atoms with Gasteiger partial charge in [0.2, 0.25) is 15.9 Å². The highest BCUT2D eigenvalue weighted by Gasteiger charge is 2.39. The van der Waals surface area contributed by atoms with E-state index < -0.39 is 22.2 Å². The Balaban J connectivity index is 1.79. The second-order valence-corrected chi connectivity index (χ2v) is 8.82. The minimum absolute atomic E-state index is 0.0171. The van der Waals surface area contributed by atoms with Gasteiger partial charge in [-0.2, -0.15) is 0 Å². The summed E-state index contributed by atoms with van der Waals surface area (Å²) in [5.41, 5.74) is 2.37. The fourth-order valence-electron chi connectivity index (χ4n) is 3.49. The third-order valence-corrected chi connectivity index (χ3v) is 6.58. The first-order chi connectivity index (χ1) is 13.7. The van der Waals surface area contributed by atoms with Crippen molar-refractivity contribution in [3.63, 3.8) is 0 Å². The van der Waals surface area contributed by atoms with E-state index in [9.17, 15) is 13.2 Å². The highest BCUT2D eigenvalue weighted by atomic mass is 32.2. The molecule has 1 aliphatic heterocycles. The number of benzene rings is 1. The lowest BCUT2D eigenvalue weighted by Gasteiger charge is -2.20. The van der Waals surface area contributed by atoms with Gasteiger partial charge in [0.25, 0.3) is 0 Å². The molecule has 2 aromatic rings. The molecule has 0 bridgehead atoms. The molecule has 0 saturated carbocycles. The molecule has 1 N–H and O–H groups in total. The lowest BCUT2D eigenvalue weighted by molar-refractivity contribution is -0.125. The van der Waals surface area contributed by atoms with Crippen molar-refractivity contribution in [1.29, 1.82) is 0 Å². The molecule has 0 spiro atoms. The summed E-state index contributed by atoms with van der Waals surface area (Å²) in [7, 11) is -3.89. The average Bonchev–Trinajstić information content (AvgIpc) is 3.22. The normalized spacial score (nSPS) is 19.5. The first kappa shape index (κ1) is 21.2. The second kappa shape index (κ2) is 8.48. The lowest BCUT2D eigenvalue weighted by Crippen LogP contribution is -2.44. The van der Waals surface area contributed by atoms with Crippen LogP contribution in [0.15, 0.2) is 46.3 Å². The van der Waals surface area contributed by atoms with E-state index in [0.29, 0.717) is 6.61 Å². The number of hydrogen-bond donors (Lipinski definition) is 1. The van der Waals surface area contributed by atoms with Gasteiger partial charge in [0.05, 0.1) is 18.8 Å². The summed E-state index contributed by atoms with van der Waals surface area (Å²) in [5, 5.41) is 3.71. The zero-order valence-corrected chi connectivity index (χ0v) is 17.5. The molecule has 8 nitrogen and oxygen atoms in total. The van der Waals surface area contributed by atoms with Gasteiger partial charge in [-0.1, -0.05) is 41.6 Å². The van der Waals surface area contributed by atoms with Crippen molar-refractivity contribution >= 4 is 15.9 Å². The van der Waals surface area contributed by atoms with Gasteiger partial charge in [-0.05, 0) is 32.4 Å². The summed E-state index contributed by atoms with van der Waals surface area (Å²) in [4.78, 5) is 13.6. The standard InChI is InChI=1S/C20H25N3O5S/c1-5-19(24)23-10-17(22-29(25,26)20-14(3)21-28-15(20)4)18(11-23)27-12-16-8-6-7-13(2)9-16/h5-9,17-18,22H,1,10-12H2,2-4H3/t17-,18-/m1/s1. The minimum Gasteiger partial charge on any atom is -0.370 e. The van der Waals surface area contributed by atoms with Crippen molar-refractivity contribution in [2.75, 3.05) is 13.1 Å². The van der Waals surface area contributed by atoms with Gasteiger partial charge in [-0.3, -0.25) is 4.79 Å². The van der Waals surface area contributed by atoms with Gasteiger partial charge >= 0.3 is 0 Å². The Hall–Kier alpha value is -2.49. The molecule has 2 atom stereocenters. The number of aromatic nitrogens is 1. The summed E-state index contributed by atoms with van der Waals surface area (Å²) in [6.45, 7) is 9.38. The van der Waals surface area contributed by atoms with Gasteiger partial charge in [-0.15, -0.1) is 0 Å². The Morgan fingerprint density at radius 3 is 2.76 bits per heavy atom. The summed E-state index contributed by atoms with van der Waals surface area (Å²) < 4.78 is 39.5. The Labute approximate surface area is 170 Å². The van der Waals surface area contributed by atoms with E-state index in [1.807, 2.05) is 31.2 Å². The zero-order chi connectivity index (χ0) is 21.2. The molecule has 1 aromatic carbocycles. The number of nitrogens with one attached hydrogen (secondary N) is 1. The maximum Gasteiger partial charge on any atom is 0.246 e. The Kier molecular flexibility index (Phi) is 6.21. The van der Waals surface area contributed by atoms with Crippen LogP contribution in [0.5, 0.6) is 0 Å². The van der Waals surface area contributed by atoms with Gasteiger partial charge in [0.1, 0.15) is 10.6 Å². The van der Waals surface area contributed by atoms with Crippen molar-refractivity contribution in [2.45, 2.75) is 44.4 Å². The van der Waals surface area contributed by atoms with E-state index in [1.54, 1.807) is 13.8 Å². The van der Waals surface area contributed by atoms with Crippen molar-refractivity contribution in [3.8, 4) is 0 Å². The summed E-state index contributed by atoms with van der Waals surface area (Å²) in [6.07, 6.45) is 0.706. The van der Waals surface area contributed by atoms with Crippen LogP contribution in [0.4, 0.5) is 0 Å². The number of carbonyl (C=O) groups is 1. The van der Waals surface area contributed by atoms with Crippen molar-refractivity contribution in [2.24, 2.45) is 0 Å². The fourth-order valence-corrected chi connectivity index (χ4v) is 5.07. The lowest BCUT2D eigenvalue weighted by atomic mass is 10.1. The Morgan fingerprint density at radius 1 is 1.38 bits per heavy atom. The number of sulfonamides is 1. The van der Waals surface area contributed by atoms with Crippen LogP contribution in [0, 0.1) is 20.8 Å². The first-order valence-corrected chi connectivity index (χ1v) is 10.7. The molecule has 2 heterocycles. The predicted octanol–water partition coefficient (Wildman–Crippen LogP) is 1.86. The summed E-state index contributed by atoms with van der Waals surface area (Å²) in [5.74, 6) is -0.0579. The van der Waals surface area contributed by atoms with Crippen LogP contribution in [0.25, 0.3) is 0 Å². The number of hydrogen-bond acceptors (Lipinski definition) is 6. The van der Waals surface area contributed by atoms with E-state index in [2.05, 4.69) is 16.5 Å². The maximum atomic E-state index is 12.9. The molecule has 1 aliphatic rings. The van der Waals surface area contributed by atoms with Crippen molar-refractivity contribution < 1.29 is 22.5 Å². The van der Waals surface area contributed by atoms with E-state index >= 15 is 0 Å². The Morgan fingerprint density at radius 2 is 2.14 bits per heavy atom. The topological polar surface area (TPSA) is 102 Å². The van der Waals surface area contributed by atoms with E-state index in [4.69, 9.17) is 9.26 Å². The number of rotatable bonds is 7. The molecule has 29 heavy (non-hydrogen) atoms. The molecule has 1 aromatic heterocycles. The van der Waals surface area contributed by atoms with Crippen molar-refractivity contribution in [3.05, 3.63) is 59.5 Å². The van der Waals surface area contributed by atoms with Crippen LogP contribution in [0.2, 0.25) is 0 Å². The van der Waals surface area contributed by atoms with Crippen LogP contribution in [0.1, 0.15) is 22.6 Å². The third-order valence-electron chi connectivity index (χ3n) is 4.84. The highest BCUT2D eigenvalue weighted by Crippen LogP contribution is 2.22. The van der Waals surface area contributed by atoms with E-state index in [1.165, 1.54) is 11.0 Å². The van der Waals surface area contributed by atoms with Crippen LogP contribution in [0.3, 0.4) is 0 Å². The largest absolute Gasteiger partial charge is 0.370 e. The van der Waals surface area contributed by atoms with Gasteiger partial charge in [0.15, 0.2) is 5.76 Å². The van der Waals surface area contributed by atoms with Gasteiger partial charge in [0, 0.05) is 13.1 Å². The van der Waals surface area contributed by atoms with E-state index in [0.717, 1.165) is 11.1 Å². The summed E-state index contributed by atoms with van der Waals surface area (Å²) in [6, 6.07) is 7.27. The van der Waals surface area contributed by atoms with Crippen LogP contribution in [-0.2, 0) is 26.2 Å². The zero-order valence-electron chi connectivity index (χ0n) is 16.7. The molecule has 0 aliphatic carbocycles. The number of carbonyl (C=O) groups excluding carboxylic acids is 1. The predicted molar refractivity (Wildman–Crippen MR) is 107 cm³/mol. The molecule has 1 amide bonds. The quantitative estimate of drug-likeness (QED) is 0.688. The van der Waals surface area contributed by atoms with Crippen LogP contribution >= 0.6 is 0 Å². The van der Waals surface area contributed by atoms with Gasteiger partial charge in [-0.25, -0.2) is 13.1 Å². The molecule has 156 valence electrons.